The molecule has 2 fully saturated rings. The molecule has 2 aliphatic rings. The molecule has 1 saturated carbocycles. The van der Waals surface area contributed by atoms with Crippen molar-refractivity contribution in [1.29, 1.82) is 0 Å². The van der Waals surface area contributed by atoms with Gasteiger partial charge in [-0.2, -0.15) is 4.90 Å². The molecule has 0 bridgehead atoms. The summed E-state index contributed by atoms with van der Waals surface area (Å²) in [6.07, 6.45) is 2.25. The van der Waals surface area contributed by atoms with Crippen molar-refractivity contribution in [2.45, 2.75) is 65.1 Å². The number of rotatable bonds is 5. The average molecular weight is 516 g/mol. The Bertz CT molecular complexity index is 1290. The second-order valence-electron chi connectivity index (χ2n) is 10.5. The van der Waals surface area contributed by atoms with Gasteiger partial charge in [0.25, 0.3) is 11.5 Å². The number of carbonyl (C=O) groups is 3. The highest BCUT2D eigenvalue weighted by molar-refractivity contribution is 6.17. The number of amides is 4. The van der Waals surface area contributed by atoms with Crippen LogP contribution in [0.3, 0.4) is 0 Å². The smallest absolute Gasteiger partial charge is 0.425 e. The van der Waals surface area contributed by atoms with Crippen molar-refractivity contribution < 1.29 is 27.9 Å². The van der Waals surface area contributed by atoms with Crippen LogP contribution < -0.4 is 10.9 Å². The molecule has 198 valence electrons. The van der Waals surface area contributed by atoms with Crippen LogP contribution in [0.1, 0.15) is 51.2 Å². The number of imide groups is 3. The molecule has 0 spiro atoms. The molecular weight excluding hydrogens is 484 g/mol. The number of hydrogen-bond donors (Lipinski definition) is 1. The number of nitrogens with zero attached hydrogens (tertiary/aromatic N) is 2. The van der Waals surface area contributed by atoms with Gasteiger partial charge < -0.3 is 14.6 Å². The average Bonchev–Trinajstić information content (AvgIpc) is 3.08. The summed E-state index contributed by atoms with van der Waals surface area (Å²) in [5, 5.41) is 2.47. The summed E-state index contributed by atoms with van der Waals surface area (Å²) >= 11 is 0. The summed E-state index contributed by atoms with van der Waals surface area (Å²) in [5.41, 5.74) is -2.22. The molecule has 2 heterocycles. The Balaban J connectivity index is 1.72. The first kappa shape index (κ1) is 26.5. The zero-order valence-corrected chi connectivity index (χ0v) is 21.3. The van der Waals surface area contributed by atoms with Gasteiger partial charge in [0.1, 0.15) is 6.10 Å². The molecule has 4 amide bonds. The first-order valence-electron chi connectivity index (χ1n) is 12.4. The van der Waals surface area contributed by atoms with Gasteiger partial charge in [0.2, 0.25) is 0 Å². The standard InChI is InChI=1S/C27H31F2N3O5/c1-15(2)19-9-7-16(3)12-22(19)37-26(36)32-24(34)27(30-25(32)35,18-8-10-20(28)21(29)13-18)14-31-11-5-6-17(4)23(31)33/h5-6,8,10-11,13,15-16,19,22H,7,9,12,14H2,1-4H3,(H,30,35)/t16-,19+,22-,27?/m1/s1. The fourth-order valence-corrected chi connectivity index (χ4v) is 5.37. The fourth-order valence-electron chi connectivity index (χ4n) is 5.37. The topological polar surface area (TPSA) is 97.7 Å². The van der Waals surface area contributed by atoms with Crippen molar-refractivity contribution in [3.63, 3.8) is 0 Å². The molecule has 1 aliphatic carbocycles. The van der Waals surface area contributed by atoms with E-state index >= 15 is 0 Å². The minimum Gasteiger partial charge on any atom is -0.445 e. The highest BCUT2D eigenvalue weighted by atomic mass is 19.2. The summed E-state index contributed by atoms with van der Waals surface area (Å²) in [7, 11) is 0. The lowest BCUT2D eigenvalue weighted by atomic mass is 9.75. The van der Waals surface area contributed by atoms with Crippen LogP contribution in [0.15, 0.2) is 41.3 Å². The zero-order chi connectivity index (χ0) is 27.1. The Morgan fingerprint density at radius 1 is 1.16 bits per heavy atom. The van der Waals surface area contributed by atoms with Crippen LogP contribution in [-0.4, -0.2) is 33.6 Å². The Hall–Kier alpha value is -3.56. The van der Waals surface area contributed by atoms with E-state index in [1.165, 1.54) is 10.8 Å². The van der Waals surface area contributed by atoms with Gasteiger partial charge in [-0.05, 0) is 61.3 Å². The number of pyridine rings is 1. The Labute approximate surface area is 213 Å². The lowest BCUT2D eigenvalue weighted by Crippen LogP contribution is -2.50. The minimum atomic E-state index is -2.04. The van der Waals surface area contributed by atoms with Crippen LogP contribution in [0, 0.1) is 36.3 Å². The third-order valence-corrected chi connectivity index (χ3v) is 7.52. The number of hydrogen-bond acceptors (Lipinski definition) is 5. The molecule has 4 rings (SSSR count). The molecule has 10 heteroatoms. The maximum atomic E-state index is 14.3. The third kappa shape index (κ3) is 4.89. The lowest BCUT2D eigenvalue weighted by molar-refractivity contribution is -0.131. The van der Waals surface area contributed by atoms with Crippen LogP contribution in [0.4, 0.5) is 18.4 Å². The Morgan fingerprint density at radius 2 is 1.89 bits per heavy atom. The van der Waals surface area contributed by atoms with Gasteiger partial charge in [-0.25, -0.2) is 18.4 Å². The van der Waals surface area contributed by atoms with Gasteiger partial charge in [0.05, 0.1) is 6.54 Å². The number of aryl methyl sites for hydroxylation is 1. The highest BCUT2D eigenvalue weighted by Gasteiger charge is 2.56. The van der Waals surface area contributed by atoms with E-state index in [-0.39, 0.29) is 17.4 Å². The zero-order valence-electron chi connectivity index (χ0n) is 21.3. The van der Waals surface area contributed by atoms with Crippen LogP contribution in [0.2, 0.25) is 0 Å². The molecule has 8 nitrogen and oxygen atoms in total. The van der Waals surface area contributed by atoms with Crippen molar-refractivity contribution in [2.75, 3.05) is 0 Å². The van der Waals surface area contributed by atoms with Crippen LogP contribution in [0.5, 0.6) is 0 Å². The van der Waals surface area contributed by atoms with E-state index in [1.807, 2.05) is 13.8 Å². The van der Waals surface area contributed by atoms with Crippen LogP contribution in [0.25, 0.3) is 0 Å². The van der Waals surface area contributed by atoms with Crippen molar-refractivity contribution >= 4 is 18.0 Å². The van der Waals surface area contributed by atoms with E-state index in [0.717, 1.165) is 31.0 Å². The van der Waals surface area contributed by atoms with Crippen molar-refractivity contribution in [2.24, 2.45) is 17.8 Å². The number of urea groups is 1. The summed E-state index contributed by atoms with van der Waals surface area (Å²) in [4.78, 5) is 53.2. The normalized spacial score (nSPS) is 25.9. The third-order valence-electron chi connectivity index (χ3n) is 7.52. The minimum absolute atomic E-state index is 0.0720. The maximum Gasteiger partial charge on any atom is 0.425 e. The van der Waals surface area contributed by atoms with Gasteiger partial charge >= 0.3 is 12.1 Å². The van der Waals surface area contributed by atoms with Crippen molar-refractivity contribution in [1.82, 2.24) is 14.8 Å². The molecule has 1 aliphatic heterocycles. The summed E-state index contributed by atoms with van der Waals surface area (Å²) in [5.74, 6) is -2.82. The second-order valence-corrected chi connectivity index (χ2v) is 10.5. The van der Waals surface area contributed by atoms with Crippen LogP contribution in [-0.2, 0) is 21.6 Å². The Kier molecular flexibility index (Phi) is 7.21. The molecule has 2 aromatic rings. The maximum absolute atomic E-state index is 14.3. The molecule has 1 unspecified atom stereocenters. The molecule has 1 N–H and O–H groups in total. The van der Waals surface area contributed by atoms with E-state index in [9.17, 15) is 28.0 Å². The van der Waals surface area contributed by atoms with Gasteiger partial charge in [0, 0.05) is 11.8 Å². The van der Waals surface area contributed by atoms with Gasteiger partial charge in [0.15, 0.2) is 17.2 Å². The SMILES string of the molecule is Cc1cccn(CC2(c3ccc(F)c(F)c3)NC(=O)N(C(=O)O[C@@H]3C[C@H](C)CC[C@H]3C(C)C)C2=O)c1=O. The molecule has 1 aromatic heterocycles. The van der Waals surface area contributed by atoms with E-state index in [4.69, 9.17) is 4.74 Å². The Morgan fingerprint density at radius 3 is 2.57 bits per heavy atom. The number of halogens is 2. The van der Waals surface area contributed by atoms with E-state index in [2.05, 4.69) is 12.2 Å². The molecule has 37 heavy (non-hydrogen) atoms. The monoisotopic (exact) mass is 515 g/mol. The van der Waals surface area contributed by atoms with Crippen molar-refractivity contribution in [3.05, 3.63) is 69.6 Å². The molecule has 0 radical (unpaired) electrons. The predicted octanol–water partition coefficient (Wildman–Crippen LogP) is 4.48. The lowest BCUT2D eigenvalue weighted by Gasteiger charge is -2.37. The quantitative estimate of drug-likeness (QED) is 0.593. The summed E-state index contributed by atoms with van der Waals surface area (Å²) < 4.78 is 34.9. The van der Waals surface area contributed by atoms with E-state index < -0.39 is 53.4 Å². The largest absolute Gasteiger partial charge is 0.445 e. The first-order chi connectivity index (χ1) is 17.4. The second kappa shape index (κ2) is 10.1. The molecule has 4 atom stereocenters. The number of nitrogens with one attached hydrogen (secondary N) is 1. The van der Waals surface area contributed by atoms with Gasteiger partial charge in [-0.1, -0.05) is 39.3 Å². The fraction of sp³-hybridized carbons (Fsp3) is 0.481. The summed E-state index contributed by atoms with van der Waals surface area (Å²) in [6, 6.07) is 4.84. The van der Waals surface area contributed by atoms with Crippen molar-refractivity contribution in [3.8, 4) is 0 Å². The van der Waals surface area contributed by atoms with Crippen LogP contribution >= 0.6 is 0 Å². The predicted molar refractivity (Wildman–Crippen MR) is 130 cm³/mol. The number of ether oxygens (including phenoxy) is 1. The number of benzene rings is 1. The van der Waals surface area contributed by atoms with Gasteiger partial charge in [-0.3, -0.25) is 9.59 Å². The first-order valence-corrected chi connectivity index (χ1v) is 12.4. The summed E-state index contributed by atoms with van der Waals surface area (Å²) in [6.45, 7) is 7.25. The number of carbonyl (C=O) groups excluding carboxylic acids is 3. The highest BCUT2D eigenvalue weighted by Crippen LogP contribution is 2.37. The van der Waals surface area contributed by atoms with E-state index in [0.29, 0.717) is 22.8 Å². The van der Waals surface area contributed by atoms with E-state index in [1.54, 1.807) is 19.1 Å². The van der Waals surface area contributed by atoms with Gasteiger partial charge in [-0.15, -0.1) is 0 Å². The molecule has 1 saturated heterocycles. The molecule has 1 aromatic carbocycles. The number of aromatic nitrogens is 1. The molecular formula is C27H31F2N3O5.